The zero-order chi connectivity index (χ0) is 15.0. The van der Waals surface area contributed by atoms with E-state index in [1.165, 1.54) is 0 Å². The molecule has 0 bridgehead atoms. The van der Waals surface area contributed by atoms with Crippen LogP contribution in [0.2, 0.25) is 0 Å². The Morgan fingerprint density at radius 1 is 1.19 bits per heavy atom. The van der Waals surface area contributed by atoms with E-state index >= 15 is 0 Å². The highest BCUT2D eigenvalue weighted by Gasteiger charge is 2.36. The van der Waals surface area contributed by atoms with E-state index in [0.29, 0.717) is 26.1 Å². The van der Waals surface area contributed by atoms with Crippen molar-refractivity contribution < 1.29 is 13.5 Å². The van der Waals surface area contributed by atoms with Crippen molar-refractivity contribution in [1.82, 2.24) is 8.61 Å². The Morgan fingerprint density at radius 2 is 2.00 bits per heavy atom. The summed E-state index contributed by atoms with van der Waals surface area (Å²) in [6, 6.07) is 5.30. The van der Waals surface area contributed by atoms with Crippen LogP contribution in [0.1, 0.15) is 37.3 Å². The van der Waals surface area contributed by atoms with Gasteiger partial charge in [0, 0.05) is 25.7 Å². The van der Waals surface area contributed by atoms with Gasteiger partial charge in [-0.05, 0) is 49.4 Å². The summed E-state index contributed by atoms with van der Waals surface area (Å²) in [5, 5.41) is 9.59. The molecule has 1 N–H and O–H groups in total. The second-order valence-corrected chi connectivity index (χ2v) is 7.88. The Morgan fingerprint density at radius 3 is 2.76 bits per heavy atom. The Kier molecular flexibility index (Phi) is 3.94. The van der Waals surface area contributed by atoms with Gasteiger partial charge in [-0.3, -0.25) is 0 Å². The van der Waals surface area contributed by atoms with Crippen LogP contribution in [-0.4, -0.2) is 41.3 Å². The van der Waals surface area contributed by atoms with Gasteiger partial charge in [-0.25, -0.2) is 0 Å². The number of aromatic hydroxyl groups is 1. The Labute approximate surface area is 126 Å². The van der Waals surface area contributed by atoms with E-state index in [9.17, 15) is 13.5 Å². The molecule has 0 aliphatic carbocycles. The normalized spacial score (nSPS) is 24.7. The zero-order valence-electron chi connectivity index (χ0n) is 12.3. The third-order valence-corrected chi connectivity index (χ3v) is 6.63. The Bertz CT molecular complexity index is 630. The van der Waals surface area contributed by atoms with Crippen LogP contribution in [0.25, 0.3) is 0 Å². The van der Waals surface area contributed by atoms with Crippen molar-refractivity contribution in [2.45, 2.75) is 45.2 Å². The zero-order valence-corrected chi connectivity index (χ0v) is 13.1. The van der Waals surface area contributed by atoms with Gasteiger partial charge in [-0.2, -0.15) is 17.0 Å². The molecule has 0 saturated carbocycles. The van der Waals surface area contributed by atoms with Crippen molar-refractivity contribution >= 4 is 10.2 Å². The highest BCUT2D eigenvalue weighted by atomic mass is 32.2. The van der Waals surface area contributed by atoms with Crippen molar-refractivity contribution in [1.29, 1.82) is 0 Å². The Balaban J connectivity index is 1.84. The molecule has 0 spiro atoms. The number of benzene rings is 1. The second-order valence-electron chi connectivity index (χ2n) is 6.00. The minimum Gasteiger partial charge on any atom is -0.508 e. The summed E-state index contributed by atoms with van der Waals surface area (Å²) >= 11 is 0. The van der Waals surface area contributed by atoms with Gasteiger partial charge in [-0.1, -0.05) is 12.5 Å². The number of rotatable bonds is 2. The molecule has 2 heterocycles. The molecule has 6 heteroatoms. The monoisotopic (exact) mass is 310 g/mol. The SMILES string of the molecule is CC1CCCCN1S(=O)(=O)N1CCc2ccc(O)cc2C1. The van der Waals surface area contributed by atoms with Crippen LogP contribution in [-0.2, 0) is 23.2 Å². The maximum atomic E-state index is 12.8. The average Bonchev–Trinajstić information content (AvgIpc) is 2.46. The third-order valence-electron chi connectivity index (χ3n) is 4.53. The topological polar surface area (TPSA) is 60.9 Å². The molecular formula is C15H22N2O3S. The summed E-state index contributed by atoms with van der Waals surface area (Å²) in [4.78, 5) is 0. The lowest BCUT2D eigenvalue weighted by Gasteiger charge is -2.38. The van der Waals surface area contributed by atoms with E-state index in [-0.39, 0.29) is 11.8 Å². The molecule has 2 aliphatic heterocycles. The standard InChI is InChI=1S/C15H22N2O3S/c1-12-4-2-3-8-17(12)21(19,20)16-9-7-13-5-6-15(18)10-14(13)11-16/h5-6,10,12,18H,2-4,7-9,11H2,1H3. The van der Waals surface area contributed by atoms with Crippen LogP contribution < -0.4 is 0 Å². The fraction of sp³-hybridized carbons (Fsp3) is 0.600. The first-order valence-corrected chi connectivity index (χ1v) is 8.96. The fourth-order valence-electron chi connectivity index (χ4n) is 3.28. The first-order valence-electron chi connectivity index (χ1n) is 7.56. The molecule has 3 rings (SSSR count). The average molecular weight is 310 g/mol. The first kappa shape index (κ1) is 14.8. The van der Waals surface area contributed by atoms with Gasteiger partial charge in [0.15, 0.2) is 0 Å². The summed E-state index contributed by atoms with van der Waals surface area (Å²) in [7, 11) is -3.40. The number of phenols is 1. The second kappa shape index (κ2) is 5.59. The predicted molar refractivity (Wildman–Crippen MR) is 81.2 cm³/mol. The van der Waals surface area contributed by atoms with E-state index in [1.807, 2.05) is 13.0 Å². The van der Waals surface area contributed by atoms with E-state index in [2.05, 4.69) is 0 Å². The summed E-state index contributed by atoms with van der Waals surface area (Å²) < 4.78 is 28.9. The lowest BCUT2D eigenvalue weighted by Crippen LogP contribution is -2.50. The molecule has 1 fully saturated rings. The minimum atomic E-state index is -3.40. The van der Waals surface area contributed by atoms with E-state index in [4.69, 9.17) is 0 Å². The molecule has 116 valence electrons. The van der Waals surface area contributed by atoms with Crippen LogP contribution >= 0.6 is 0 Å². The minimum absolute atomic E-state index is 0.0781. The summed E-state index contributed by atoms with van der Waals surface area (Å²) in [5.41, 5.74) is 2.04. The van der Waals surface area contributed by atoms with Crippen LogP contribution in [0.5, 0.6) is 5.75 Å². The van der Waals surface area contributed by atoms with Gasteiger partial charge in [0.2, 0.25) is 0 Å². The van der Waals surface area contributed by atoms with Crippen LogP contribution in [0, 0.1) is 0 Å². The number of phenolic OH excluding ortho intramolecular Hbond substituents is 1. The molecule has 21 heavy (non-hydrogen) atoms. The number of hydrogen-bond donors (Lipinski definition) is 1. The van der Waals surface area contributed by atoms with E-state index < -0.39 is 10.2 Å². The molecule has 5 nitrogen and oxygen atoms in total. The maximum Gasteiger partial charge on any atom is 0.282 e. The largest absolute Gasteiger partial charge is 0.508 e. The van der Waals surface area contributed by atoms with Crippen molar-refractivity contribution in [2.75, 3.05) is 13.1 Å². The van der Waals surface area contributed by atoms with Gasteiger partial charge >= 0.3 is 0 Å². The van der Waals surface area contributed by atoms with Crippen LogP contribution in [0.15, 0.2) is 18.2 Å². The highest BCUT2D eigenvalue weighted by molar-refractivity contribution is 7.86. The number of hydrogen-bond acceptors (Lipinski definition) is 3. The molecule has 0 aromatic heterocycles. The van der Waals surface area contributed by atoms with Crippen LogP contribution in [0.4, 0.5) is 0 Å². The molecule has 1 saturated heterocycles. The predicted octanol–water partition coefficient (Wildman–Crippen LogP) is 1.87. The number of fused-ring (bicyclic) bond motifs is 1. The smallest absolute Gasteiger partial charge is 0.282 e. The van der Waals surface area contributed by atoms with Crippen molar-refractivity contribution in [3.63, 3.8) is 0 Å². The molecule has 1 atom stereocenters. The molecule has 0 amide bonds. The van der Waals surface area contributed by atoms with E-state index in [1.54, 1.807) is 20.7 Å². The molecule has 2 aliphatic rings. The number of nitrogens with zero attached hydrogens (tertiary/aromatic N) is 2. The molecule has 1 aromatic carbocycles. The van der Waals surface area contributed by atoms with Gasteiger partial charge < -0.3 is 5.11 Å². The van der Waals surface area contributed by atoms with Gasteiger partial charge in [0.25, 0.3) is 10.2 Å². The highest BCUT2D eigenvalue weighted by Crippen LogP contribution is 2.28. The van der Waals surface area contributed by atoms with Gasteiger partial charge in [-0.15, -0.1) is 0 Å². The summed E-state index contributed by atoms with van der Waals surface area (Å²) in [6.07, 6.45) is 3.68. The van der Waals surface area contributed by atoms with Gasteiger partial charge in [0.05, 0.1) is 0 Å². The lowest BCUT2D eigenvalue weighted by atomic mass is 10.0. The lowest BCUT2D eigenvalue weighted by molar-refractivity contribution is 0.240. The number of piperidine rings is 1. The first-order chi connectivity index (χ1) is 9.98. The maximum absolute atomic E-state index is 12.8. The molecular weight excluding hydrogens is 288 g/mol. The summed E-state index contributed by atoms with van der Waals surface area (Å²) in [5.74, 6) is 0.194. The summed E-state index contributed by atoms with van der Waals surface area (Å²) in [6.45, 7) is 3.48. The Hall–Kier alpha value is -1.11. The molecule has 1 unspecified atom stereocenters. The van der Waals surface area contributed by atoms with Crippen LogP contribution in [0.3, 0.4) is 0 Å². The van der Waals surface area contributed by atoms with Crippen molar-refractivity contribution in [3.8, 4) is 5.75 Å². The van der Waals surface area contributed by atoms with Gasteiger partial charge in [0.1, 0.15) is 5.75 Å². The third kappa shape index (κ3) is 2.80. The van der Waals surface area contributed by atoms with Crippen molar-refractivity contribution in [3.05, 3.63) is 29.3 Å². The molecule has 1 aromatic rings. The molecule has 0 radical (unpaired) electrons. The fourth-order valence-corrected chi connectivity index (χ4v) is 5.12. The quantitative estimate of drug-likeness (QED) is 0.907. The van der Waals surface area contributed by atoms with Crippen molar-refractivity contribution in [2.24, 2.45) is 0 Å². The van der Waals surface area contributed by atoms with E-state index in [0.717, 1.165) is 30.4 Å².